The molecule has 0 aromatic heterocycles. The molecule has 0 rings (SSSR count). The molecule has 0 saturated heterocycles. The van der Waals surface area contributed by atoms with Gasteiger partial charge in [0.2, 0.25) is 0 Å². The molecule has 0 fully saturated rings. The first-order valence-corrected chi connectivity index (χ1v) is 2.32. The van der Waals surface area contributed by atoms with E-state index in [1.54, 1.807) is 0 Å². The zero-order valence-electron chi connectivity index (χ0n) is 3.46. The van der Waals surface area contributed by atoms with Gasteiger partial charge in [0.05, 0.1) is 6.61 Å². The normalized spacial score (nSPS) is 14.5. The number of aliphatic hydroxyl groups is 1. The van der Waals surface area contributed by atoms with E-state index in [0.717, 1.165) is 0 Å². The number of hydrogen-bond donors (Lipinski definition) is 3. The first-order valence-electron chi connectivity index (χ1n) is 1.80. The molecule has 0 amide bonds. The summed E-state index contributed by atoms with van der Waals surface area (Å²) in [5, 5.41) is 8.14. The Kier molecular flexibility index (Phi) is 3.62. The average molecular weight is 107 g/mol. The third-order valence-electron chi connectivity index (χ3n) is 0.483. The largest absolute Gasteiger partial charge is 0.395 e. The molecule has 0 saturated carbocycles. The van der Waals surface area contributed by atoms with E-state index < -0.39 is 0 Å². The highest BCUT2D eigenvalue weighted by Crippen LogP contribution is 1.85. The summed E-state index contributed by atoms with van der Waals surface area (Å²) in [6, 6.07) is 0. The minimum absolute atomic E-state index is 0.0370. The predicted molar refractivity (Wildman–Crippen MR) is 28.9 cm³/mol. The monoisotopic (exact) mass is 107 g/mol. The van der Waals surface area contributed by atoms with Crippen molar-refractivity contribution in [1.29, 1.82) is 0 Å². The van der Waals surface area contributed by atoms with Gasteiger partial charge < -0.3 is 10.8 Å². The molecule has 0 bridgehead atoms. The molecule has 38 valence electrons. The minimum Gasteiger partial charge on any atom is -0.395 e. The van der Waals surface area contributed by atoms with Gasteiger partial charge in [-0.15, -0.1) is 0 Å². The second-order valence-corrected chi connectivity index (χ2v) is 1.80. The summed E-state index contributed by atoms with van der Waals surface area (Å²) in [5.41, 5.74) is 5.05. The van der Waals surface area contributed by atoms with Crippen molar-refractivity contribution >= 4 is 12.6 Å². The fraction of sp³-hybridized carbons (Fsp3) is 1.00. The molecular weight excluding hydrogens is 98.1 g/mol. The Hall–Kier alpha value is 0.270. The summed E-state index contributed by atoms with van der Waals surface area (Å²) < 4.78 is 0. The van der Waals surface area contributed by atoms with Crippen molar-refractivity contribution in [3.63, 3.8) is 0 Å². The first kappa shape index (κ1) is 6.27. The lowest BCUT2D eigenvalue weighted by Gasteiger charge is -1.97. The van der Waals surface area contributed by atoms with Crippen molar-refractivity contribution in [2.45, 2.75) is 5.25 Å². The van der Waals surface area contributed by atoms with E-state index in [9.17, 15) is 0 Å². The average Bonchev–Trinajstić information content (AvgIpc) is 1.65. The molecule has 0 spiro atoms. The Labute approximate surface area is 42.8 Å². The van der Waals surface area contributed by atoms with Gasteiger partial charge in [-0.1, -0.05) is 0 Å². The fourth-order valence-electron chi connectivity index (χ4n) is 0.0745. The van der Waals surface area contributed by atoms with Crippen LogP contribution in [0.2, 0.25) is 0 Å². The van der Waals surface area contributed by atoms with Crippen LogP contribution in [0.25, 0.3) is 0 Å². The lowest BCUT2D eigenvalue weighted by atomic mass is 10.5. The summed E-state index contributed by atoms with van der Waals surface area (Å²) in [6.07, 6.45) is 0. The summed E-state index contributed by atoms with van der Waals surface area (Å²) in [5.74, 6) is 0. The maximum absolute atomic E-state index is 8.18. The summed E-state index contributed by atoms with van der Waals surface area (Å²) in [4.78, 5) is 0. The Morgan fingerprint density at radius 3 is 2.33 bits per heavy atom. The van der Waals surface area contributed by atoms with Gasteiger partial charge in [0.25, 0.3) is 0 Å². The molecule has 0 aliphatic rings. The molecule has 3 heteroatoms. The first-order chi connectivity index (χ1) is 2.81. The van der Waals surface area contributed by atoms with Gasteiger partial charge in [-0.3, -0.25) is 0 Å². The lowest BCUT2D eigenvalue weighted by Crippen LogP contribution is -2.17. The van der Waals surface area contributed by atoms with Crippen LogP contribution in [0.15, 0.2) is 0 Å². The van der Waals surface area contributed by atoms with Crippen LogP contribution in [-0.2, 0) is 0 Å². The van der Waals surface area contributed by atoms with E-state index in [2.05, 4.69) is 12.6 Å². The van der Waals surface area contributed by atoms with Gasteiger partial charge in [0.1, 0.15) is 0 Å². The topological polar surface area (TPSA) is 46.2 Å². The van der Waals surface area contributed by atoms with Crippen molar-refractivity contribution in [3.8, 4) is 0 Å². The second kappa shape index (κ2) is 3.46. The number of thiol groups is 1. The predicted octanol–water partition coefficient (Wildman–Crippen LogP) is -0.764. The van der Waals surface area contributed by atoms with Gasteiger partial charge in [-0.25, -0.2) is 0 Å². The zero-order chi connectivity index (χ0) is 4.99. The third kappa shape index (κ3) is 2.50. The van der Waals surface area contributed by atoms with E-state index in [1.165, 1.54) is 0 Å². The van der Waals surface area contributed by atoms with Crippen LogP contribution in [-0.4, -0.2) is 23.5 Å². The van der Waals surface area contributed by atoms with E-state index in [4.69, 9.17) is 10.8 Å². The van der Waals surface area contributed by atoms with Gasteiger partial charge in [0, 0.05) is 11.8 Å². The minimum atomic E-state index is -0.0370. The molecule has 2 nitrogen and oxygen atoms in total. The van der Waals surface area contributed by atoms with Crippen LogP contribution < -0.4 is 5.73 Å². The highest BCUT2D eigenvalue weighted by Gasteiger charge is 1.91. The molecular formula is C3H9NOS. The van der Waals surface area contributed by atoms with Crippen molar-refractivity contribution in [1.82, 2.24) is 0 Å². The third-order valence-corrected chi connectivity index (χ3v) is 0.857. The van der Waals surface area contributed by atoms with E-state index >= 15 is 0 Å². The van der Waals surface area contributed by atoms with Crippen LogP contribution in [0, 0.1) is 0 Å². The zero-order valence-corrected chi connectivity index (χ0v) is 4.36. The Morgan fingerprint density at radius 1 is 1.83 bits per heavy atom. The number of rotatable bonds is 2. The molecule has 0 aromatic carbocycles. The molecule has 1 atom stereocenters. The molecule has 0 heterocycles. The maximum Gasteiger partial charge on any atom is 0.0559 e. The number of hydrogen-bond acceptors (Lipinski definition) is 3. The van der Waals surface area contributed by atoms with Gasteiger partial charge in [-0.2, -0.15) is 12.6 Å². The molecule has 0 aromatic rings. The molecule has 3 N–H and O–H groups in total. The number of aliphatic hydroxyl groups excluding tert-OH is 1. The summed E-state index contributed by atoms with van der Waals surface area (Å²) in [7, 11) is 0. The van der Waals surface area contributed by atoms with Crippen LogP contribution in [0.3, 0.4) is 0 Å². The second-order valence-electron chi connectivity index (χ2n) is 1.07. The van der Waals surface area contributed by atoms with Crippen LogP contribution in [0.5, 0.6) is 0 Å². The molecule has 1 unspecified atom stereocenters. The number of nitrogens with two attached hydrogens (primary N) is 1. The Morgan fingerprint density at radius 2 is 2.33 bits per heavy atom. The van der Waals surface area contributed by atoms with E-state index in [1.807, 2.05) is 0 Å². The highest BCUT2D eigenvalue weighted by molar-refractivity contribution is 7.81. The smallest absolute Gasteiger partial charge is 0.0559 e. The fourth-order valence-corrected chi connectivity index (χ4v) is 0.0745. The van der Waals surface area contributed by atoms with Crippen LogP contribution >= 0.6 is 12.6 Å². The Bertz CT molecular complexity index is 30.0. The van der Waals surface area contributed by atoms with Gasteiger partial charge in [0.15, 0.2) is 0 Å². The van der Waals surface area contributed by atoms with Crippen LogP contribution in [0.4, 0.5) is 0 Å². The quantitative estimate of drug-likeness (QED) is 0.406. The van der Waals surface area contributed by atoms with Gasteiger partial charge in [-0.05, 0) is 0 Å². The van der Waals surface area contributed by atoms with Crippen molar-refractivity contribution in [3.05, 3.63) is 0 Å². The summed E-state index contributed by atoms with van der Waals surface area (Å²) in [6.45, 7) is 0.513. The van der Waals surface area contributed by atoms with Crippen LogP contribution in [0.1, 0.15) is 0 Å². The molecule has 0 aliphatic heterocycles. The Balaban J connectivity index is 2.75. The van der Waals surface area contributed by atoms with E-state index in [-0.39, 0.29) is 11.9 Å². The maximum atomic E-state index is 8.18. The molecule has 6 heavy (non-hydrogen) atoms. The highest BCUT2D eigenvalue weighted by atomic mass is 32.1. The van der Waals surface area contributed by atoms with Crippen molar-refractivity contribution in [2.24, 2.45) is 5.73 Å². The SMILES string of the molecule is NCC(S)CO. The lowest BCUT2D eigenvalue weighted by molar-refractivity contribution is 0.297. The molecule has 0 radical (unpaired) electrons. The van der Waals surface area contributed by atoms with Crippen molar-refractivity contribution in [2.75, 3.05) is 13.2 Å². The van der Waals surface area contributed by atoms with Crippen molar-refractivity contribution < 1.29 is 5.11 Å². The molecule has 0 aliphatic carbocycles. The van der Waals surface area contributed by atoms with E-state index in [0.29, 0.717) is 6.54 Å². The van der Waals surface area contributed by atoms with Gasteiger partial charge >= 0.3 is 0 Å². The standard InChI is InChI=1S/C3H9NOS/c4-1-3(6)2-5/h3,5-6H,1-2,4H2. The summed E-state index contributed by atoms with van der Waals surface area (Å²) >= 11 is 3.85.